The molecule has 0 unspecified atom stereocenters. The molecule has 162 valence electrons. The highest BCUT2D eigenvalue weighted by atomic mass is 16.5. The minimum atomic E-state index is 0.00594. The summed E-state index contributed by atoms with van der Waals surface area (Å²) in [5, 5.41) is 12.1. The van der Waals surface area contributed by atoms with Gasteiger partial charge in [0.15, 0.2) is 11.5 Å². The first-order valence-corrected chi connectivity index (χ1v) is 10.8. The molecule has 0 radical (unpaired) electrons. The zero-order chi connectivity index (χ0) is 22.4. The maximum Gasteiger partial charge on any atom is 0.228 e. The maximum absolute atomic E-state index is 11.9. The second-order valence-corrected chi connectivity index (χ2v) is 8.14. The molecule has 8 heteroatoms. The number of hydrogen-bond donors (Lipinski definition) is 1. The van der Waals surface area contributed by atoms with Crippen molar-refractivity contribution < 1.29 is 9.53 Å². The second-order valence-electron chi connectivity index (χ2n) is 8.14. The molecule has 0 spiro atoms. The van der Waals surface area contributed by atoms with E-state index in [2.05, 4.69) is 31.7 Å². The molecule has 1 N–H and O–H groups in total. The zero-order valence-electron chi connectivity index (χ0n) is 17.8. The number of amides is 1. The number of fused-ring (bicyclic) bond motifs is 2. The quantitative estimate of drug-likeness (QED) is 0.530. The second kappa shape index (κ2) is 7.73. The van der Waals surface area contributed by atoms with Crippen molar-refractivity contribution in [3.05, 3.63) is 66.0 Å². The van der Waals surface area contributed by atoms with Gasteiger partial charge < -0.3 is 15.0 Å². The Balaban J connectivity index is 1.58. The SMILES string of the molecule is N#Cc1ccc(-c2nc3c(N4CCOCC4)nccn3c2-c2ccc3c(c2)CC(=O)N3)cc1. The number of nitrogens with one attached hydrogen (secondary N) is 1. The Hall–Kier alpha value is -4.22. The number of aromatic nitrogens is 3. The molecule has 4 aromatic rings. The zero-order valence-corrected chi connectivity index (χ0v) is 17.8. The number of carbonyl (C=O) groups is 1. The lowest BCUT2D eigenvalue weighted by atomic mass is 10.0. The Morgan fingerprint density at radius 1 is 1.06 bits per heavy atom. The van der Waals surface area contributed by atoms with E-state index in [1.54, 1.807) is 18.3 Å². The molecular formula is C25H20N6O2. The highest BCUT2D eigenvalue weighted by Crippen LogP contribution is 2.37. The first kappa shape index (κ1) is 19.5. The predicted octanol–water partition coefficient (Wildman–Crippen LogP) is 3.27. The van der Waals surface area contributed by atoms with Gasteiger partial charge in [-0.2, -0.15) is 5.26 Å². The van der Waals surface area contributed by atoms with Crippen LogP contribution in [0.4, 0.5) is 11.5 Å². The normalized spacial score (nSPS) is 15.4. The van der Waals surface area contributed by atoms with Crippen LogP contribution in [0.25, 0.3) is 28.2 Å². The fourth-order valence-electron chi connectivity index (χ4n) is 4.52. The van der Waals surface area contributed by atoms with E-state index in [0.717, 1.165) is 58.3 Å². The van der Waals surface area contributed by atoms with Crippen LogP contribution in [0, 0.1) is 11.3 Å². The molecule has 2 aliphatic heterocycles. The molecule has 6 rings (SSSR count). The molecule has 0 atom stereocenters. The van der Waals surface area contributed by atoms with Gasteiger partial charge in [-0.3, -0.25) is 9.20 Å². The molecule has 8 nitrogen and oxygen atoms in total. The summed E-state index contributed by atoms with van der Waals surface area (Å²) in [5.74, 6) is 0.825. The van der Waals surface area contributed by atoms with E-state index >= 15 is 0 Å². The number of benzene rings is 2. The van der Waals surface area contributed by atoms with E-state index in [1.807, 2.05) is 30.5 Å². The summed E-state index contributed by atoms with van der Waals surface area (Å²) in [5.41, 5.74) is 6.80. The van der Waals surface area contributed by atoms with E-state index in [1.165, 1.54) is 0 Å². The topological polar surface area (TPSA) is 95.6 Å². The Bertz CT molecular complexity index is 1430. The highest BCUT2D eigenvalue weighted by Gasteiger charge is 2.24. The third-order valence-corrected chi connectivity index (χ3v) is 6.13. The lowest BCUT2D eigenvalue weighted by molar-refractivity contribution is -0.115. The number of carbonyl (C=O) groups excluding carboxylic acids is 1. The third kappa shape index (κ3) is 3.30. The van der Waals surface area contributed by atoms with Crippen molar-refractivity contribution in [1.82, 2.24) is 14.4 Å². The monoisotopic (exact) mass is 436 g/mol. The molecular weight excluding hydrogens is 416 g/mol. The van der Waals surface area contributed by atoms with Crippen LogP contribution in [0.1, 0.15) is 11.1 Å². The molecule has 0 aliphatic carbocycles. The van der Waals surface area contributed by atoms with Crippen molar-refractivity contribution in [3.8, 4) is 28.6 Å². The van der Waals surface area contributed by atoms with Crippen LogP contribution in [0.5, 0.6) is 0 Å². The number of anilines is 2. The van der Waals surface area contributed by atoms with Crippen LogP contribution in [0.3, 0.4) is 0 Å². The first-order chi connectivity index (χ1) is 16.2. The van der Waals surface area contributed by atoms with Crippen molar-refractivity contribution in [1.29, 1.82) is 5.26 Å². The molecule has 0 bridgehead atoms. The van der Waals surface area contributed by atoms with Crippen molar-refractivity contribution >= 4 is 23.1 Å². The molecule has 33 heavy (non-hydrogen) atoms. The summed E-state index contributed by atoms with van der Waals surface area (Å²) >= 11 is 0. The van der Waals surface area contributed by atoms with Crippen LogP contribution in [-0.2, 0) is 16.0 Å². The molecule has 4 heterocycles. The fraction of sp³-hybridized carbons (Fsp3) is 0.200. The van der Waals surface area contributed by atoms with Gasteiger partial charge in [0.2, 0.25) is 5.91 Å². The van der Waals surface area contributed by atoms with E-state index in [9.17, 15) is 10.1 Å². The van der Waals surface area contributed by atoms with Crippen molar-refractivity contribution in [3.63, 3.8) is 0 Å². The van der Waals surface area contributed by atoms with Crippen LogP contribution in [0.15, 0.2) is 54.9 Å². The summed E-state index contributed by atoms with van der Waals surface area (Å²) < 4.78 is 7.58. The molecule has 1 saturated heterocycles. The molecule has 2 aliphatic rings. The van der Waals surface area contributed by atoms with Gasteiger partial charge >= 0.3 is 0 Å². The van der Waals surface area contributed by atoms with Gasteiger partial charge in [-0.15, -0.1) is 0 Å². The number of nitrogens with zero attached hydrogens (tertiary/aromatic N) is 5. The minimum Gasteiger partial charge on any atom is -0.378 e. The number of ether oxygens (including phenoxy) is 1. The van der Waals surface area contributed by atoms with Crippen molar-refractivity contribution in [2.45, 2.75) is 6.42 Å². The number of rotatable bonds is 3. The third-order valence-electron chi connectivity index (χ3n) is 6.13. The summed E-state index contributed by atoms with van der Waals surface area (Å²) in [6, 6.07) is 15.6. The fourth-order valence-corrected chi connectivity index (χ4v) is 4.52. The van der Waals surface area contributed by atoms with Crippen LogP contribution in [-0.4, -0.2) is 46.6 Å². The standard InChI is InChI=1S/C25H20N6O2/c26-15-16-1-3-17(4-2-16)22-23(18-5-6-20-19(13-18)14-21(32)28-20)31-8-7-27-24(25(31)29-22)30-9-11-33-12-10-30/h1-8,13H,9-12,14H2,(H,28,32). The Kier molecular flexibility index (Phi) is 4.56. The van der Waals surface area contributed by atoms with Gasteiger partial charge in [0.05, 0.1) is 42.7 Å². The lowest BCUT2D eigenvalue weighted by Crippen LogP contribution is -2.37. The molecule has 1 amide bonds. The first-order valence-electron chi connectivity index (χ1n) is 10.8. The largest absolute Gasteiger partial charge is 0.378 e. The van der Waals surface area contributed by atoms with Crippen LogP contribution < -0.4 is 10.2 Å². The van der Waals surface area contributed by atoms with Crippen LogP contribution >= 0.6 is 0 Å². The Labute approximate surface area is 190 Å². The molecule has 2 aromatic carbocycles. The van der Waals surface area contributed by atoms with Crippen molar-refractivity contribution in [2.24, 2.45) is 0 Å². The van der Waals surface area contributed by atoms with Gasteiger partial charge in [-0.05, 0) is 29.8 Å². The van der Waals surface area contributed by atoms with Crippen molar-refractivity contribution in [2.75, 3.05) is 36.5 Å². The van der Waals surface area contributed by atoms with Gasteiger partial charge in [0.1, 0.15) is 0 Å². The maximum atomic E-state index is 11.9. The summed E-state index contributed by atoms with van der Waals surface area (Å²) in [6.45, 7) is 2.83. The molecule has 2 aromatic heterocycles. The highest BCUT2D eigenvalue weighted by molar-refractivity contribution is 6.00. The molecule has 1 fully saturated rings. The van der Waals surface area contributed by atoms with E-state index in [4.69, 9.17) is 9.72 Å². The number of hydrogen-bond acceptors (Lipinski definition) is 6. The minimum absolute atomic E-state index is 0.00594. The molecule has 0 saturated carbocycles. The van der Waals surface area contributed by atoms with E-state index < -0.39 is 0 Å². The van der Waals surface area contributed by atoms with E-state index in [0.29, 0.717) is 25.2 Å². The average molecular weight is 436 g/mol. The smallest absolute Gasteiger partial charge is 0.228 e. The van der Waals surface area contributed by atoms with Gasteiger partial charge in [0, 0.05) is 42.3 Å². The summed E-state index contributed by atoms with van der Waals surface area (Å²) in [7, 11) is 0. The van der Waals surface area contributed by atoms with Gasteiger partial charge in [-0.1, -0.05) is 18.2 Å². The summed E-state index contributed by atoms with van der Waals surface area (Å²) in [4.78, 5) is 23.8. The Morgan fingerprint density at radius 2 is 1.85 bits per heavy atom. The lowest BCUT2D eigenvalue weighted by Gasteiger charge is -2.27. The number of nitriles is 1. The average Bonchev–Trinajstić information content (AvgIpc) is 3.43. The number of imidazole rings is 1. The number of morpholine rings is 1. The van der Waals surface area contributed by atoms with Gasteiger partial charge in [-0.25, -0.2) is 9.97 Å². The van der Waals surface area contributed by atoms with Crippen LogP contribution in [0.2, 0.25) is 0 Å². The predicted molar refractivity (Wildman–Crippen MR) is 124 cm³/mol. The Morgan fingerprint density at radius 3 is 2.64 bits per heavy atom. The van der Waals surface area contributed by atoms with E-state index in [-0.39, 0.29) is 5.91 Å². The summed E-state index contributed by atoms with van der Waals surface area (Å²) in [6.07, 6.45) is 4.09. The van der Waals surface area contributed by atoms with Gasteiger partial charge in [0.25, 0.3) is 0 Å².